The SMILES string of the molecule is COc1ccc(C=CC(=O)OC2C(OC3C(CO)OC(OC4COC(OC5C(O)C(C)OC(OC6C(OC7CCC8(C)C(CCC9(C)C8CC=C8C%10CC(C)(C)CCC%10(C(=O)OC%10OC(COC%11OC(CO)C(OC%12OC(C)C(O)C(O)C%12O)C(O)C%11O)C(O)C(O)C%10O)CCC89C)C7(C)C)OCC(O)C6O)C5O)C(O)C4O)C(O)C3O)OC(COC3OC(C)C(O)C(O)C3O)C(O)C2O)cc1O. The van der Waals surface area contributed by atoms with Gasteiger partial charge < -0.3 is 217 Å². The van der Waals surface area contributed by atoms with Crippen molar-refractivity contribution in [2.24, 2.45) is 50.2 Å². The van der Waals surface area contributed by atoms with Gasteiger partial charge in [-0.05, 0) is 154 Å². The number of allylic oxidation sites excluding steroid dienone is 2. The van der Waals surface area contributed by atoms with Crippen LogP contribution in [0.2, 0.25) is 0 Å². The number of fused-ring (bicyclic) bond motifs is 7. The zero-order valence-electron chi connectivity index (χ0n) is 78.6. The van der Waals surface area contributed by atoms with Gasteiger partial charge in [0.25, 0.3) is 0 Å². The first kappa shape index (κ1) is 108. The second kappa shape index (κ2) is 42.5. The van der Waals surface area contributed by atoms with E-state index in [2.05, 4.69) is 54.5 Å². The number of esters is 2. The second-order valence-corrected chi connectivity index (χ2v) is 42.1. The van der Waals surface area contributed by atoms with E-state index in [-0.39, 0.29) is 51.1 Å². The molecular formula is C92H142O46. The molecule has 9 heterocycles. The average molecular weight is 1980 g/mol. The number of aromatic hydroxyl groups is 1. The quantitative estimate of drug-likeness (QED) is 0.0177. The largest absolute Gasteiger partial charge is 0.504 e. The number of methoxy groups -OCH3 is 1. The summed E-state index contributed by atoms with van der Waals surface area (Å²) >= 11 is 0. The highest BCUT2D eigenvalue weighted by Crippen LogP contribution is 2.76. The van der Waals surface area contributed by atoms with Crippen LogP contribution in [0, 0.1) is 50.2 Å². The van der Waals surface area contributed by atoms with E-state index in [1.165, 1.54) is 52.2 Å². The smallest absolute Gasteiger partial charge is 0.331 e. The number of carbonyl (C=O) groups excluding carboxylic acids is 2. The Balaban J connectivity index is 0.567. The molecule has 4 saturated carbocycles. The third-order valence-corrected chi connectivity index (χ3v) is 32.9. The minimum atomic E-state index is -2.19. The van der Waals surface area contributed by atoms with Crippen molar-refractivity contribution >= 4 is 18.0 Å². The lowest BCUT2D eigenvalue weighted by Crippen LogP contribution is -2.67. The predicted molar refractivity (Wildman–Crippen MR) is 457 cm³/mol. The maximum absolute atomic E-state index is 15.5. The number of phenols is 1. The standard InChI is InChI=1S/C92H142O46/c1-34-52(98)59(105)66(112)77(124-34)121-32-46-57(103)62(108)76(133-51(97)17-13-37-12-15-42(119-11)40(95)26-37)85(131-46)135-73-44(29-94)128-81(70(116)64(73)110)129-47-33-123-79(65(111)58(47)104)136-74-54(100)36(3)126-83(71(74)117)137-75-55(101)41(96)30-120-84(75)132-50-19-20-89(8)48(88(50,6)7)18-21-91(10)49(89)16-14-38-39-27-87(4,5)22-24-92(39,25-23-90(38,91)9)86(118)138-82-68(114)61(107)56(102)45(130-82)31-122-78-69(115)63(109)72(43(28-93)127-78)134-80-67(113)60(106)53(99)35(2)125-80/h12-15,17,26,34-36,39,41,43-50,52-85,93-96,98-117H,16,18-25,27-33H2,1-11H3. The third kappa shape index (κ3) is 20.3. The maximum Gasteiger partial charge on any atom is 0.331 e. The first-order chi connectivity index (χ1) is 65.0. The van der Waals surface area contributed by atoms with E-state index in [1.807, 2.05) is 0 Å². The molecule has 51 atom stereocenters. The summed E-state index contributed by atoms with van der Waals surface area (Å²) in [5.41, 5.74) is -1.70. The zero-order valence-corrected chi connectivity index (χ0v) is 78.6. The van der Waals surface area contributed by atoms with E-state index in [0.29, 0.717) is 51.4 Å². The van der Waals surface area contributed by atoms with Crippen molar-refractivity contribution in [3.63, 3.8) is 0 Å². The third-order valence-electron chi connectivity index (χ3n) is 32.9. The Bertz CT molecular complexity index is 4300. The Morgan fingerprint density at radius 1 is 0.435 bits per heavy atom. The molecule has 46 nitrogen and oxygen atoms in total. The summed E-state index contributed by atoms with van der Waals surface area (Å²) in [7, 11) is 1.32. The molecule has 138 heavy (non-hydrogen) atoms. The van der Waals surface area contributed by atoms with Crippen LogP contribution < -0.4 is 4.74 Å². The summed E-state index contributed by atoms with van der Waals surface area (Å²) in [6.45, 7) is 15.4. The van der Waals surface area contributed by atoms with Gasteiger partial charge in [0, 0.05) is 6.08 Å². The van der Waals surface area contributed by atoms with Gasteiger partial charge in [0.2, 0.25) is 6.29 Å². The molecule has 786 valence electrons. The van der Waals surface area contributed by atoms with Crippen LogP contribution in [0.4, 0.5) is 0 Å². The van der Waals surface area contributed by atoms with Gasteiger partial charge in [-0.3, -0.25) is 4.79 Å². The highest BCUT2D eigenvalue weighted by molar-refractivity contribution is 5.87. The number of hydrogen-bond acceptors (Lipinski definition) is 46. The number of hydrogen-bond donors (Lipinski definition) is 24. The van der Waals surface area contributed by atoms with Crippen LogP contribution in [0.3, 0.4) is 0 Å². The summed E-state index contributed by atoms with van der Waals surface area (Å²) in [6, 6.07) is 4.14. The molecule has 9 aliphatic heterocycles. The van der Waals surface area contributed by atoms with Gasteiger partial charge in [-0.15, -0.1) is 0 Å². The molecule has 5 aliphatic carbocycles. The number of aliphatic hydroxyl groups excluding tert-OH is 23. The minimum absolute atomic E-state index is 0.00924. The molecule has 24 N–H and O–H groups in total. The molecule has 0 bridgehead atoms. The molecule has 51 unspecified atom stereocenters. The molecule has 14 aliphatic rings. The number of carbonyl (C=O) groups is 2. The summed E-state index contributed by atoms with van der Waals surface area (Å²) < 4.78 is 118. The van der Waals surface area contributed by atoms with Crippen molar-refractivity contribution in [2.45, 2.75) is 404 Å². The van der Waals surface area contributed by atoms with Crippen LogP contribution in [0.15, 0.2) is 35.9 Å². The van der Waals surface area contributed by atoms with E-state index in [1.54, 1.807) is 0 Å². The van der Waals surface area contributed by atoms with E-state index >= 15 is 4.79 Å². The molecule has 0 amide bonds. The topological polar surface area (TPSA) is 704 Å². The van der Waals surface area contributed by atoms with Gasteiger partial charge in [-0.1, -0.05) is 66.2 Å². The lowest BCUT2D eigenvalue weighted by molar-refractivity contribution is -0.387. The fourth-order valence-electron chi connectivity index (χ4n) is 24.2. The molecule has 1 aromatic carbocycles. The van der Waals surface area contributed by atoms with Crippen LogP contribution in [0.25, 0.3) is 6.08 Å². The van der Waals surface area contributed by atoms with E-state index in [0.717, 1.165) is 24.5 Å². The van der Waals surface area contributed by atoms with Crippen LogP contribution >= 0.6 is 0 Å². The molecule has 9 saturated heterocycles. The van der Waals surface area contributed by atoms with Gasteiger partial charge in [0.05, 0.1) is 76.6 Å². The van der Waals surface area contributed by atoms with Crippen molar-refractivity contribution in [3.8, 4) is 11.5 Å². The molecule has 0 aromatic heterocycles. The molecule has 15 rings (SSSR count). The van der Waals surface area contributed by atoms with Gasteiger partial charge >= 0.3 is 11.9 Å². The fourth-order valence-corrected chi connectivity index (χ4v) is 24.2. The number of phenolic OH excluding ortho intramolecular Hbond substituents is 1. The Labute approximate surface area is 795 Å². The van der Waals surface area contributed by atoms with E-state index in [9.17, 15) is 127 Å². The first-order valence-electron chi connectivity index (χ1n) is 47.6. The summed E-state index contributed by atoms with van der Waals surface area (Å²) in [5, 5.41) is 268. The number of benzene rings is 1. The highest BCUT2D eigenvalue weighted by Gasteiger charge is 2.71. The molecular weight excluding hydrogens is 1840 g/mol. The first-order valence-corrected chi connectivity index (χ1v) is 47.6. The minimum Gasteiger partial charge on any atom is -0.504 e. The van der Waals surface area contributed by atoms with Gasteiger partial charge in [0.1, 0.15) is 183 Å². The van der Waals surface area contributed by atoms with Crippen molar-refractivity contribution < 1.29 is 227 Å². The summed E-state index contributed by atoms with van der Waals surface area (Å²) in [4.78, 5) is 29.0. The Kier molecular flexibility index (Phi) is 33.2. The van der Waals surface area contributed by atoms with Gasteiger partial charge in [-0.2, -0.15) is 0 Å². The van der Waals surface area contributed by atoms with Gasteiger partial charge in [0.15, 0.2) is 67.9 Å². The Morgan fingerprint density at radius 2 is 0.935 bits per heavy atom. The molecule has 46 heteroatoms. The average Bonchev–Trinajstić information content (AvgIpc) is 0.672. The maximum atomic E-state index is 15.5. The monoisotopic (exact) mass is 1980 g/mol. The predicted octanol–water partition coefficient (Wildman–Crippen LogP) is -6.57. The Hall–Kier alpha value is -4.36. The van der Waals surface area contributed by atoms with Crippen molar-refractivity contribution in [3.05, 3.63) is 41.5 Å². The summed E-state index contributed by atoms with van der Waals surface area (Å²) in [5.74, 6) is -2.25. The summed E-state index contributed by atoms with van der Waals surface area (Å²) in [6.07, 6.45) is -65.8. The lowest BCUT2D eigenvalue weighted by atomic mass is 9.33. The van der Waals surface area contributed by atoms with E-state index < -0.39 is 338 Å². The van der Waals surface area contributed by atoms with Crippen LogP contribution in [-0.4, -0.2) is 451 Å². The zero-order chi connectivity index (χ0) is 100. The normalized spacial score (nSPS) is 50.8. The van der Waals surface area contributed by atoms with Crippen LogP contribution in [-0.2, 0) is 99.6 Å². The molecule has 0 spiro atoms. The van der Waals surface area contributed by atoms with Crippen LogP contribution in [0.1, 0.15) is 139 Å². The fraction of sp³-hybridized carbons (Fsp3) is 0.870. The van der Waals surface area contributed by atoms with Crippen molar-refractivity contribution in [2.75, 3.05) is 46.8 Å². The number of aliphatic hydroxyl groups is 23. The van der Waals surface area contributed by atoms with E-state index in [4.69, 9.17) is 94.7 Å². The van der Waals surface area contributed by atoms with Crippen molar-refractivity contribution in [1.82, 2.24) is 0 Å². The molecule has 0 radical (unpaired) electrons. The highest BCUT2D eigenvalue weighted by atomic mass is 16.8. The van der Waals surface area contributed by atoms with Crippen molar-refractivity contribution in [1.29, 1.82) is 0 Å². The molecule has 1 aromatic rings. The lowest BCUT2D eigenvalue weighted by Gasteiger charge is -2.71. The van der Waals surface area contributed by atoms with Crippen LogP contribution in [0.5, 0.6) is 11.5 Å². The second-order valence-electron chi connectivity index (χ2n) is 42.1. The number of rotatable bonds is 26. The Morgan fingerprint density at radius 3 is 1.57 bits per heavy atom. The molecule has 13 fully saturated rings. The number of ether oxygens (including phenoxy) is 20. The van der Waals surface area contributed by atoms with Gasteiger partial charge in [-0.25, -0.2) is 4.79 Å².